The Bertz CT molecular complexity index is 1910. The van der Waals surface area contributed by atoms with Gasteiger partial charge in [-0.2, -0.15) is 0 Å². The van der Waals surface area contributed by atoms with Gasteiger partial charge in [0.1, 0.15) is 0 Å². The molecule has 213 valence electrons. The van der Waals surface area contributed by atoms with Gasteiger partial charge in [-0.3, -0.25) is 0 Å². The van der Waals surface area contributed by atoms with Crippen LogP contribution in [0.4, 0.5) is 0 Å². The minimum atomic E-state index is -2.16. The molecule has 0 saturated carbocycles. The minimum Gasteiger partial charge on any atom is -0.147 e. The molecule has 0 radical (unpaired) electrons. The first-order valence-electron chi connectivity index (χ1n) is 14.6. The van der Waals surface area contributed by atoms with Crippen molar-refractivity contribution in [2.75, 3.05) is 0 Å². The fourth-order valence-electron chi connectivity index (χ4n) is 7.94. The van der Waals surface area contributed by atoms with E-state index < -0.39 is 26.8 Å². The molecule has 2 aliphatic rings. The fourth-order valence-corrected chi connectivity index (χ4v) is 26.3. The zero-order valence-electron chi connectivity index (χ0n) is 25.1. The number of hydrogen-bond donors (Lipinski definition) is 0. The van der Waals surface area contributed by atoms with Gasteiger partial charge in [0.2, 0.25) is 0 Å². The Morgan fingerprint density at radius 2 is 1.02 bits per heavy atom. The van der Waals surface area contributed by atoms with E-state index in [0.29, 0.717) is 0 Å². The Labute approximate surface area is 269 Å². The number of aromatic nitrogens is 2. The molecular formula is C36H37Cl2N2SiZr. The second-order valence-electron chi connectivity index (χ2n) is 12.4. The van der Waals surface area contributed by atoms with E-state index >= 15 is 0 Å². The summed E-state index contributed by atoms with van der Waals surface area (Å²) in [4.78, 5) is 0. The topological polar surface area (TPSA) is 9.86 Å². The quantitative estimate of drug-likeness (QED) is 0.168. The van der Waals surface area contributed by atoms with E-state index in [4.69, 9.17) is 0 Å². The van der Waals surface area contributed by atoms with Crippen molar-refractivity contribution < 1.29 is 20.9 Å². The molecule has 0 bridgehead atoms. The van der Waals surface area contributed by atoms with Gasteiger partial charge in [-0.25, -0.2) is 0 Å². The zero-order valence-corrected chi connectivity index (χ0v) is 30.4. The molecule has 2 heterocycles. The van der Waals surface area contributed by atoms with E-state index in [9.17, 15) is 0 Å². The van der Waals surface area contributed by atoms with Gasteiger partial charge < -0.3 is 0 Å². The molecule has 6 heteroatoms. The van der Waals surface area contributed by atoms with Crippen molar-refractivity contribution >= 4 is 59.1 Å². The van der Waals surface area contributed by atoms with E-state index in [1.54, 1.807) is 28.8 Å². The van der Waals surface area contributed by atoms with Gasteiger partial charge in [-0.05, 0) is 0 Å². The number of hydrogen-bond acceptors (Lipinski definition) is 0. The van der Waals surface area contributed by atoms with Crippen molar-refractivity contribution in [3.05, 3.63) is 106 Å². The SMILES string of the molecule is Cc1ccc2c(c1)c1c(n2C)-c2ccc[c]([Zr]([c]3cccc4c3Cc3c-4n(C)c4ccc(C)cc34)[SiH](C)C)c2C1.Cl.Cl. The summed E-state index contributed by atoms with van der Waals surface area (Å²) >= 11 is -2.16. The van der Waals surface area contributed by atoms with E-state index in [1.807, 2.05) is 0 Å². The Morgan fingerprint density at radius 1 is 0.595 bits per heavy atom. The summed E-state index contributed by atoms with van der Waals surface area (Å²) in [5.74, 6) is -0.922. The predicted molar refractivity (Wildman–Crippen MR) is 184 cm³/mol. The number of nitrogens with zero attached hydrogens (tertiary/aromatic N) is 2. The van der Waals surface area contributed by atoms with Crippen LogP contribution in [0.3, 0.4) is 0 Å². The first-order valence-corrected chi connectivity index (χ1v) is 24.2. The molecule has 0 unspecified atom stereocenters. The van der Waals surface area contributed by atoms with E-state index in [-0.39, 0.29) is 24.8 Å². The average Bonchev–Trinajstić information content (AvgIpc) is 3.64. The molecule has 0 N–H and O–H groups in total. The number of halogens is 2. The molecule has 2 aliphatic carbocycles. The molecule has 2 aromatic heterocycles. The van der Waals surface area contributed by atoms with Gasteiger partial charge in [-0.15, -0.1) is 24.8 Å². The van der Waals surface area contributed by atoms with Gasteiger partial charge in [0, 0.05) is 0 Å². The van der Waals surface area contributed by atoms with Crippen molar-refractivity contribution in [3.63, 3.8) is 0 Å². The standard InChI is InChI=1S/2C17H14N.C2H7Si.2ClH.Zr/c2*1-11-7-8-16-14(9-11)15-10-12-5-3-4-6-13(12)17(15)18(16)2;1-3-2;;;/h2*3-4,6-9H,10H2,1-2H3;3H,1-2H3;2*1H;. The van der Waals surface area contributed by atoms with Crippen molar-refractivity contribution in [1.82, 2.24) is 9.13 Å². The van der Waals surface area contributed by atoms with Crippen LogP contribution in [0.2, 0.25) is 13.1 Å². The molecule has 6 aromatic rings. The van der Waals surface area contributed by atoms with Crippen molar-refractivity contribution in [1.29, 1.82) is 0 Å². The number of rotatable bonds is 3. The molecule has 0 atom stereocenters. The van der Waals surface area contributed by atoms with Crippen LogP contribution in [0.1, 0.15) is 33.4 Å². The third-order valence-electron chi connectivity index (χ3n) is 9.65. The first-order chi connectivity index (χ1) is 19.3. The first kappa shape index (κ1) is 29.7. The van der Waals surface area contributed by atoms with Gasteiger partial charge in [0.05, 0.1) is 0 Å². The summed E-state index contributed by atoms with van der Waals surface area (Å²) in [7, 11) is 4.53. The average molecular weight is 688 g/mol. The van der Waals surface area contributed by atoms with Crippen LogP contribution in [0, 0.1) is 13.8 Å². The molecule has 4 aromatic carbocycles. The van der Waals surface area contributed by atoms with Crippen LogP contribution < -0.4 is 6.54 Å². The Morgan fingerprint density at radius 3 is 1.43 bits per heavy atom. The number of benzene rings is 4. The summed E-state index contributed by atoms with van der Waals surface area (Å²) in [6.07, 6.45) is 2.18. The molecule has 0 fully saturated rings. The normalized spacial score (nSPS) is 12.6. The van der Waals surface area contributed by atoms with Crippen molar-refractivity contribution in [2.45, 2.75) is 39.8 Å². The maximum absolute atomic E-state index is 2.63. The molecule has 2 nitrogen and oxygen atoms in total. The van der Waals surface area contributed by atoms with E-state index in [1.165, 1.54) is 55.4 Å². The van der Waals surface area contributed by atoms with Crippen molar-refractivity contribution in [3.8, 4) is 22.5 Å². The van der Waals surface area contributed by atoms with Crippen molar-refractivity contribution in [2.24, 2.45) is 14.1 Å². The van der Waals surface area contributed by atoms with Crippen LogP contribution >= 0.6 is 24.8 Å². The number of fused-ring (bicyclic) bond motifs is 10. The maximum Gasteiger partial charge on any atom is -0.147 e. The summed E-state index contributed by atoms with van der Waals surface area (Å²) in [6.45, 7) is 9.71. The molecule has 0 amide bonds. The summed E-state index contributed by atoms with van der Waals surface area (Å²) < 4.78 is 8.45. The smallest absolute Gasteiger partial charge is 0.147 e. The molecular weight excluding hydrogens is 651 g/mol. The second-order valence-corrected chi connectivity index (χ2v) is 31.3. The Balaban J connectivity index is 0.00000158. The Hall–Kier alpha value is -2.36. The minimum absolute atomic E-state index is 0. The van der Waals surface area contributed by atoms with Crippen LogP contribution in [-0.4, -0.2) is 15.1 Å². The summed E-state index contributed by atoms with van der Waals surface area (Å²) in [6, 6.07) is 28.6. The van der Waals surface area contributed by atoms with Gasteiger partial charge in [-0.1, -0.05) is 0 Å². The third-order valence-corrected chi connectivity index (χ3v) is 28.2. The largest absolute Gasteiger partial charge is 0.147 e. The molecule has 0 spiro atoms. The van der Waals surface area contributed by atoms with Crippen LogP contribution in [-0.2, 0) is 47.8 Å². The monoisotopic (exact) mass is 685 g/mol. The second kappa shape index (κ2) is 10.7. The predicted octanol–water partition coefficient (Wildman–Crippen LogP) is 7.83. The van der Waals surface area contributed by atoms with Gasteiger partial charge in [0.25, 0.3) is 0 Å². The molecule has 42 heavy (non-hydrogen) atoms. The Kier molecular flexibility index (Phi) is 7.54. The molecule has 0 aliphatic heterocycles. The fraction of sp³-hybridized carbons (Fsp3) is 0.222. The summed E-state index contributed by atoms with van der Waals surface area (Å²) in [5, 5.41) is 2.90. The molecule has 8 rings (SSSR count). The van der Waals surface area contributed by atoms with E-state index in [0.717, 1.165) is 12.8 Å². The van der Waals surface area contributed by atoms with Gasteiger partial charge >= 0.3 is 247 Å². The number of aryl methyl sites for hydroxylation is 4. The van der Waals surface area contributed by atoms with Gasteiger partial charge in [0.15, 0.2) is 0 Å². The van der Waals surface area contributed by atoms with Crippen LogP contribution in [0.25, 0.3) is 44.3 Å². The maximum atomic E-state index is 2.63. The molecule has 0 saturated heterocycles. The third kappa shape index (κ3) is 4.05. The summed E-state index contributed by atoms with van der Waals surface area (Å²) in [5.41, 5.74) is 17.7. The van der Waals surface area contributed by atoms with Crippen LogP contribution in [0.5, 0.6) is 0 Å². The van der Waals surface area contributed by atoms with Crippen LogP contribution in [0.15, 0.2) is 72.8 Å². The van der Waals surface area contributed by atoms with E-state index in [2.05, 4.69) is 123 Å². The zero-order chi connectivity index (χ0) is 27.4.